The molecule has 5 heteroatoms. The van der Waals surface area contributed by atoms with Crippen LogP contribution in [0.3, 0.4) is 0 Å². The van der Waals surface area contributed by atoms with E-state index in [0.29, 0.717) is 11.3 Å². The van der Waals surface area contributed by atoms with Gasteiger partial charge in [-0.3, -0.25) is 4.79 Å². The molecule has 0 aromatic carbocycles. The van der Waals surface area contributed by atoms with E-state index in [0.717, 1.165) is 58.7 Å². The predicted octanol–water partition coefficient (Wildman–Crippen LogP) is 1.44. The smallest absolute Gasteiger partial charge is 0.229 e. The largest absolute Gasteiger partial charge is 0.381 e. The average Bonchev–Trinajstić information content (AvgIpc) is 2.98. The van der Waals surface area contributed by atoms with Crippen LogP contribution in [0.5, 0.6) is 0 Å². The van der Waals surface area contributed by atoms with Crippen LogP contribution in [0.4, 0.5) is 0 Å². The predicted molar refractivity (Wildman–Crippen MR) is 76.5 cm³/mol. The minimum absolute atomic E-state index is 0. The maximum atomic E-state index is 12.7. The lowest BCUT2D eigenvalue weighted by atomic mass is 9.79. The van der Waals surface area contributed by atoms with Crippen molar-refractivity contribution in [2.45, 2.75) is 32.6 Å². The number of hydrogen-bond acceptors (Lipinski definition) is 3. The van der Waals surface area contributed by atoms with Crippen LogP contribution in [0.15, 0.2) is 0 Å². The number of ether oxygens (including phenoxy) is 1. The Labute approximate surface area is 121 Å². The number of carbonyl (C=O) groups excluding carboxylic acids is 1. The first-order valence-corrected chi connectivity index (χ1v) is 7.22. The fraction of sp³-hybridized carbons (Fsp3) is 0.929. The quantitative estimate of drug-likeness (QED) is 0.794. The zero-order valence-corrected chi connectivity index (χ0v) is 12.6. The molecule has 1 spiro atoms. The van der Waals surface area contributed by atoms with E-state index in [9.17, 15) is 4.79 Å². The molecule has 3 aliphatic rings. The molecule has 1 unspecified atom stereocenters. The number of hydrogen-bond donors (Lipinski definition) is 1. The topological polar surface area (TPSA) is 41.6 Å². The van der Waals surface area contributed by atoms with Crippen LogP contribution in [-0.2, 0) is 9.53 Å². The van der Waals surface area contributed by atoms with Crippen molar-refractivity contribution in [2.24, 2.45) is 10.8 Å². The summed E-state index contributed by atoms with van der Waals surface area (Å²) in [6, 6.07) is 0. The lowest BCUT2D eigenvalue weighted by molar-refractivity contribution is -0.139. The van der Waals surface area contributed by atoms with Gasteiger partial charge in [0.05, 0.1) is 5.41 Å². The molecular formula is C14H25ClN2O2. The van der Waals surface area contributed by atoms with Crippen molar-refractivity contribution in [1.29, 1.82) is 0 Å². The van der Waals surface area contributed by atoms with E-state index in [4.69, 9.17) is 4.74 Å². The standard InChI is InChI=1S/C14H24N2O2.ClH/c1-13(2-6-15-10-13)12(17)16-7-3-14(11-16)4-8-18-9-5-14;/h15H,2-11H2,1H3;1H. The van der Waals surface area contributed by atoms with Gasteiger partial charge < -0.3 is 15.0 Å². The van der Waals surface area contributed by atoms with Crippen LogP contribution in [0.1, 0.15) is 32.6 Å². The van der Waals surface area contributed by atoms with Crippen LogP contribution >= 0.6 is 12.4 Å². The van der Waals surface area contributed by atoms with Crippen molar-refractivity contribution in [1.82, 2.24) is 10.2 Å². The SMILES string of the molecule is CC1(C(=O)N2CCC3(CCOCC3)C2)CCNC1.Cl. The highest BCUT2D eigenvalue weighted by Crippen LogP contribution is 2.41. The average molecular weight is 289 g/mol. The molecule has 0 bridgehead atoms. The van der Waals surface area contributed by atoms with E-state index < -0.39 is 0 Å². The van der Waals surface area contributed by atoms with Crippen LogP contribution in [0.2, 0.25) is 0 Å². The maximum absolute atomic E-state index is 12.7. The van der Waals surface area contributed by atoms with Gasteiger partial charge in [0.1, 0.15) is 0 Å². The molecule has 0 aromatic heterocycles. The highest BCUT2D eigenvalue weighted by molar-refractivity contribution is 5.85. The summed E-state index contributed by atoms with van der Waals surface area (Å²) in [4.78, 5) is 14.8. The number of likely N-dealkylation sites (tertiary alicyclic amines) is 1. The van der Waals surface area contributed by atoms with E-state index in [-0.39, 0.29) is 17.8 Å². The van der Waals surface area contributed by atoms with Gasteiger partial charge in [0, 0.05) is 32.8 Å². The van der Waals surface area contributed by atoms with E-state index in [1.807, 2.05) is 0 Å². The molecule has 110 valence electrons. The summed E-state index contributed by atoms with van der Waals surface area (Å²) in [7, 11) is 0. The molecule has 1 amide bonds. The molecule has 0 aliphatic carbocycles. The zero-order valence-electron chi connectivity index (χ0n) is 11.7. The number of carbonyl (C=O) groups is 1. The van der Waals surface area contributed by atoms with Gasteiger partial charge in [-0.05, 0) is 44.6 Å². The minimum Gasteiger partial charge on any atom is -0.381 e. The molecule has 3 heterocycles. The number of nitrogens with zero attached hydrogens (tertiary/aromatic N) is 1. The summed E-state index contributed by atoms with van der Waals surface area (Å²) in [5.74, 6) is 0.371. The van der Waals surface area contributed by atoms with E-state index >= 15 is 0 Å². The van der Waals surface area contributed by atoms with Crippen LogP contribution in [0.25, 0.3) is 0 Å². The van der Waals surface area contributed by atoms with Gasteiger partial charge in [-0.15, -0.1) is 12.4 Å². The van der Waals surface area contributed by atoms with Crippen molar-refractivity contribution in [3.05, 3.63) is 0 Å². The monoisotopic (exact) mass is 288 g/mol. The van der Waals surface area contributed by atoms with E-state index in [1.165, 1.54) is 6.42 Å². The summed E-state index contributed by atoms with van der Waals surface area (Å²) in [6.07, 6.45) is 4.42. The van der Waals surface area contributed by atoms with Gasteiger partial charge in [0.2, 0.25) is 5.91 Å². The third kappa shape index (κ3) is 2.76. The Morgan fingerprint density at radius 3 is 2.58 bits per heavy atom. The second-order valence-corrected chi connectivity index (χ2v) is 6.58. The molecule has 3 fully saturated rings. The molecule has 3 saturated heterocycles. The molecular weight excluding hydrogens is 264 g/mol. The van der Waals surface area contributed by atoms with Gasteiger partial charge in [-0.25, -0.2) is 0 Å². The fourth-order valence-electron chi connectivity index (χ4n) is 3.70. The molecule has 0 radical (unpaired) electrons. The Morgan fingerprint density at radius 1 is 1.21 bits per heavy atom. The summed E-state index contributed by atoms with van der Waals surface area (Å²) in [5, 5.41) is 3.32. The van der Waals surface area contributed by atoms with Crippen molar-refractivity contribution in [2.75, 3.05) is 39.4 Å². The van der Waals surface area contributed by atoms with E-state index in [2.05, 4.69) is 17.1 Å². The Hall–Kier alpha value is -0.320. The Morgan fingerprint density at radius 2 is 1.95 bits per heavy atom. The van der Waals surface area contributed by atoms with Crippen LogP contribution < -0.4 is 5.32 Å². The van der Waals surface area contributed by atoms with Crippen molar-refractivity contribution in [3.63, 3.8) is 0 Å². The van der Waals surface area contributed by atoms with Gasteiger partial charge in [0.15, 0.2) is 0 Å². The van der Waals surface area contributed by atoms with Gasteiger partial charge in [-0.2, -0.15) is 0 Å². The van der Waals surface area contributed by atoms with Crippen LogP contribution in [-0.4, -0.2) is 50.2 Å². The molecule has 0 aromatic rings. The fourth-order valence-corrected chi connectivity index (χ4v) is 3.70. The van der Waals surface area contributed by atoms with Crippen LogP contribution in [0, 0.1) is 10.8 Å². The van der Waals surface area contributed by atoms with Gasteiger partial charge in [0.25, 0.3) is 0 Å². The molecule has 19 heavy (non-hydrogen) atoms. The molecule has 0 saturated carbocycles. The molecule has 3 rings (SSSR count). The number of nitrogens with one attached hydrogen (secondary N) is 1. The summed E-state index contributed by atoms with van der Waals surface area (Å²) in [5.41, 5.74) is 0.215. The van der Waals surface area contributed by atoms with Gasteiger partial charge >= 0.3 is 0 Å². The lowest BCUT2D eigenvalue weighted by Crippen LogP contribution is -2.44. The number of halogens is 1. The normalized spacial score (nSPS) is 33.4. The minimum atomic E-state index is -0.156. The van der Waals surface area contributed by atoms with Gasteiger partial charge in [-0.1, -0.05) is 0 Å². The summed E-state index contributed by atoms with van der Waals surface area (Å²) < 4.78 is 5.46. The van der Waals surface area contributed by atoms with Crippen molar-refractivity contribution < 1.29 is 9.53 Å². The molecule has 1 atom stereocenters. The number of amides is 1. The molecule has 3 aliphatic heterocycles. The highest BCUT2D eigenvalue weighted by atomic mass is 35.5. The molecule has 1 N–H and O–H groups in total. The first-order chi connectivity index (χ1) is 8.64. The highest BCUT2D eigenvalue weighted by Gasteiger charge is 2.46. The van der Waals surface area contributed by atoms with E-state index in [1.54, 1.807) is 0 Å². The number of rotatable bonds is 1. The first kappa shape index (κ1) is 15.1. The Kier molecular flexibility index (Phi) is 4.43. The molecule has 4 nitrogen and oxygen atoms in total. The Balaban J connectivity index is 0.00000133. The summed E-state index contributed by atoms with van der Waals surface area (Å²) in [6.45, 7) is 7.61. The lowest BCUT2D eigenvalue weighted by Gasteiger charge is -2.34. The van der Waals surface area contributed by atoms with Crippen molar-refractivity contribution >= 4 is 18.3 Å². The second kappa shape index (κ2) is 5.58. The first-order valence-electron chi connectivity index (χ1n) is 7.22. The van der Waals surface area contributed by atoms with Crippen molar-refractivity contribution in [3.8, 4) is 0 Å². The Bertz CT molecular complexity index is 336. The zero-order chi connectivity index (χ0) is 12.6. The second-order valence-electron chi connectivity index (χ2n) is 6.58. The maximum Gasteiger partial charge on any atom is 0.229 e. The third-order valence-corrected chi connectivity index (χ3v) is 5.16. The summed E-state index contributed by atoms with van der Waals surface area (Å²) >= 11 is 0. The third-order valence-electron chi connectivity index (χ3n) is 5.16.